The van der Waals surface area contributed by atoms with Gasteiger partial charge in [-0.05, 0) is 29.9 Å². The van der Waals surface area contributed by atoms with Crippen molar-refractivity contribution in [2.24, 2.45) is 0 Å². The van der Waals surface area contributed by atoms with E-state index in [4.69, 9.17) is 0 Å². The number of fused-ring (bicyclic) bond motifs is 1. The topological polar surface area (TPSA) is 17.8 Å². The van der Waals surface area contributed by atoms with Crippen LogP contribution >= 0.6 is 11.3 Å². The van der Waals surface area contributed by atoms with E-state index in [9.17, 15) is 0 Å². The number of rotatable bonds is 4. The highest BCUT2D eigenvalue weighted by atomic mass is 32.1. The second-order valence-electron chi connectivity index (χ2n) is 4.74. The van der Waals surface area contributed by atoms with Crippen molar-refractivity contribution < 1.29 is 0 Å². The first-order chi connectivity index (χ1) is 9.31. The average molecular weight is 270 g/mol. The molecule has 0 aliphatic rings. The Kier molecular flexibility index (Phi) is 3.38. The fourth-order valence-electron chi connectivity index (χ4n) is 2.52. The summed E-state index contributed by atoms with van der Waals surface area (Å²) in [6.07, 6.45) is 4.27. The van der Waals surface area contributed by atoms with E-state index in [1.807, 2.05) is 0 Å². The smallest absolute Gasteiger partial charge is 0.0926 e. The predicted molar refractivity (Wildman–Crippen MR) is 81.9 cm³/mol. The van der Waals surface area contributed by atoms with E-state index >= 15 is 0 Å². The van der Waals surface area contributed by atoms with Crippen LogP contribution in [0.4, 0.5) is 0 Å². The number of nitrogens with zero attached hydrogens (tertiary/aromatic N) is 2. The fraction of sp³-hybridized carbons (Fsp3) is 0.312. The van der Waals surface area contributed by atoms with Gasteiger partial charge in [0.2, 0.25) is 0 Å². The molecule has 0 unspecified atom stereocenters. The van der Waals surface area contributed by atoms with Crippen LogP contribution in [0, 0.1) is 0 Å². The maximum absolute atomic E-state index is 4.66. The predicted octanol–water partition coefficient (Wildman–Crippen LogP) is 4.27. The third-order valence-electron chi connectivity index (χ3n) is 3.49. The van der Waals surface area contributed by atoms with Gasteiger partial charge >= 0.3 is 0 Å². The van der Waals surface area contributed by atoms with Crippen molar-refractivity contribution in [1.29, 1.82) is 0 Å². The SMILES string of the molecule is CCc1nc(Cn2ccc3cccc(CC)c32)cs1. The molecular weight excluding hydrogens is 252 g/mol. The molecule has 3 heteroatoms. The molecule has 2 nitrogen and oxygen atoms in total. The summed E-state index contributed by atoms with van der Waals surface area (Å²) in [4.78, 5) is 4.66. The molecule has 98 valence electrons. The van der Waals surface area contributed by atoms with Gasteiger partial charge in [0.25, 0.3) is 0 Å². The summed E-state index contributed by atoms with van der Waals surface area (Å²) in [5, 5.41) is 4.73. The molecule has 2 aromatic heterocycles. The molecule has 0 atom stereocenters. The van der Waals surface area contributed by atoms with Gasteiger partial charge in [0.1, 0.15) is 0 Å². The van der Waals surface area contributed by atoms with Crippen LogP contribution in [0.5, 0.6) is 0 Å². The Hall–Kier alpha value is -1.61. The fourth-order valence-corrected chi connectivity index (χ4v) is 3.25. The lowest BCUT2D eigenvalue weighted by molar-refractivity contribution is 0.804. The van der Waals surface area contributed by atoms with Gasteiger partial charge in [-0.3, -0.25) is 0 Å². The van der Waals surface area contributed by atoms with Crippen molar-refractivity contribution in [3.05, 3.63) is 52.1 Å². The number of thiazole rings is 1. The minimum absolute atomic E-state index is 0.872. The summed E-state index contributed by atoms with van der Waals surface area (Å²) in [5.41, 5.74) is 3.94. The first-order valence-corrected chi connectivity index (χ1v) is 7.69. The Morgan fingerprint density at radius 1 is 1.16 bits per heavy atom. The molecule has 0 spiro atoms. The number of para-hydroxylation sites is 1. The van der Waals surface area contributed by atoms with Gasteiger partial charge in [-0.1, -0.05) is 32.0 Å². The van der Waals surface area contributed by atoms with Gasteiger partial charge in [-0.25, -0.2) is 4.98 Å². The molecule has 0 bridgehead atoms. The summed E-state index contributed by atoms with van der Waals surface area (Å²) in [5.74, 6) is 0. The molecule has 0 aliphatic carbocycles. The third-order valence-corrected chi connectivity index (χ3v) is 4.53. The van der Waals surface area contributed by atoms with E-state index in [0.717, 1.165) is 19.4 Å². The zero-order valence-electron chi connectivity index (χ0n) is 11.4. The van der Waals surface area contributed by atoms with Crippen molar-refractivity contribution in [2.75, 3.05) is 0 Å². The molecule has 1 aromatic carbocycles. The molecule has 0 amide bonds. The van der Waals surface area contributed by atoms with Crippen LogP contribution in [0.3, 0.4) is 0 Å². The summed E-state index contributed by atoms with van der Waals surface area (Å²) in [6, 6.07) is 8.74. The van der Waals surface area contributed by atoms with Crippen molar-refractivity contribution >= 4 is 22.2 Å². The van der Waals surface area contributed by atoms with Crippen molar-refractivity contribution in [2.45, 2.75) is 33.2 Å². The summed E-state index contributed by atoms with van der Waals surface area (Å²) >= 11 is 1.76. The van der Waals surface area contributed by atoms with E-state index < -0.39 is 0 Å². The van der Waals surface area contributed by atoms with Gasteiger partial charge < -0.3 is 4.57 Å². The second-order valence-corrected chi connectivity index (χ2v) is 5.68. The number of aryl methyl sites for hydroxylation is 2. The van der Waals surface area contributed by atoms with Gasteiger partial charge in [0, 0.05) is 11.6 Å². The van der Waals surface area contributed by atoms with Crippen LogP contribution < -0.4 is 0 Å². The molecule has 0 radical (unpaired) electrons. The van der Waals surface area contributed by atoms with Crippen LogP contribution in [0.1, 0.15) is 30.1 Å². The van der Waals surface area contributed by atoms with Crippen LogP contribution in [0.15, 0.2) is 35.8 Å². The summed E-state index contributed by atoms with van der Waals surface area (Å²) in [7, 11) is 0. The van der Waals surface area contributed by atoms with E-state index in [0.29, 0.717) is 0 Å². The standard InChI is InChI=1S/C16H18N2S/c1-3-12-6-5-7-13-8-9-18(16(12)13)10-14-11-19-15(4-2)17-14/h5-9,11H,3-4,10H2,1-2H3. The minimum Gasteiger partial charge on any atom is -0.341 e. The van der Waals surface area contributed by atoms with Crippen molar-refractivity contribution in [1.82, 2.24) is 9.55 Å². The van der Waals surface area contributed by atoms with Crippen molar-refractivity contribution in [3.8, 4) is 0 Å². The van der Waals surface area contributed by atoms with Crippen LogP contribution in [0.2, 0.25) is 0 Å². The largest absolute Gasteiger partial charge is 0.341 e. The van der Waals surface area contributed by atoms with Crippen LogP contribution in [-0.2, 0) is 19.4 Å². The Balaban J connectivity index is 2.00. The summed E-state index contributed by atoms with van der Waals surface area (Å²) in [6.45, 7) is 5.24. The zero-order chi connectivity index (χ0) is 13.2. The molecule has 3 rings (SSSR count). The number of hydrogen-bond donors (Lipinski definition) is 0. The first kappa shape index (κ1) is 12.4. The van der Waals surface area contributed by atoms with Gasteiger partial charge in [0.05, 0.1) is 22.8 Å². The number of benzene rings is 1. The van der Waals surface area contributed by atoms with Crippen LogP contribution in [0.25, 0.3) is 10.9 Å². The molecule has 19 heavy (non-hydrogen) atoms. The molecule has 0 aliphatic heterocycles. The average Bonchev–Trinajstić information content (AvgIpc) is 3.06. The Morgan fingerprint density at radius 2 is 2.05 bits per heavy atom. The monoisotopic (exact) mass is 270 g/mol. The highest BCUT2D eigenvalue weighted by Gasteiger charge is 2.07. The molecule has 2 heterocycles. The Labute approximate surface area is 117 Å². The van der Waals surface area contributed by atoms with E-state index in [2.05, 4.69) is 59.2 Å². The number of aromatic nitrogens is 2. The molecular formula is C16H18N2S. The summed E-state index contributed by atoms with van der Waals surface area (Å²) < 4.78 is 2.32. The van der Waals surface area contributed by atoms with E-state index in [1.54, 1.807) is 11.3 Å². The maximum Gasteiger partial charge on any atom is 0.0926 e. The Bertz CT molecular complexity index is 694. The second kappa shape index (κ2) is 5.17. The van der Waals surface area contributed by atoms with Gasteiger partial charge in [0.15, 0.2) is 0 Å². The molecule has 0 N–H and O–H groups in total. The van der Waals surface area contributed by atoms with Gasteiger partial charge in [-0.15, -0.1) is 11.3 Å². The number of hydrogen-bond acceptors (Lipinski definition) is 2. The highest BCUT2D eigenvalue weighted by molar-refractivity contribution is 7.09. The highest BCUT2D eigenvalue weighted by Crippen LogP contribution is 2.22. The zero-order valence-corrected chi connectivity index (χ0v) is 12.2. The molecule has 0 fully saturated rings. The minimum atomic E-state index is 0.872. The molecule has 3 aromatic rings. The van der Waals surface area contributed by atoms with Crippen molar-refractivity contribution in [3.63, 3.8) is 0 Å². The lowest BCUT2D eigenvalue weighted by Crippen LogP contribution is -2.00. The van der Waals surface area contributed by atoms with E-state index in [1.165, 1.54) is 27.2 Å². The Morgan fingerprint density at radius 3 is 2.79 bits per heavy atom. The molecule has 0 saturated heterocycles. The first-order valence-electron chi connectivity index (χ1n) is 6.81. The van der Waals surface area contributed by atoms with Gasteiger partial charge in [-0.2, -0.15) is 0 Å². The molecule has 0 saturated carbocycles. The quantitative estimate of drug-likeness (QED) is 0.692. The normalized spacial score (nSPS) is 11.3. The van der Waals surface area contributed by atoms with Crippen LogP contribution in [-0.4, -0.2) is 9.55 Å². The third kappa shape index (κ3) is 2.30. The maximum atomic E-state index is 4.66. The lowest BCUT2D eigenvalue weighted by atomic mass is 10.1. The van der Waals surface area contributed by atoms with E-state index in [-0.39, 0.29) is 0 Å². The lowest BCUT2D eigenvalue weighted by Gasteiger charge is -2.07.